The van der Waals surface area contributed by atoms with E-state index in [9.17, 15) is 0 Å². The van der Waals surface area contributed by atoms with Crippen LogP contribution < -0.4 is 5.30 Å². The number of benzene rings is 2. The molecule has 0 aliphatic heterocycles. The maximum atomic E-state index is 8.35. The number of nitriles is 1. The van der Waals surface area contributed by atoms with Crippen LogP contribution in [0.4, 0.5) is 0 Å². The second-order valence-electron chi connectivity index (χ2n) is 3.95. The van der Waals surface area contributed by atoms with Crippen LogP contribution in [0.15, 0.2) is 53.4 Å². The Morgan fingerprint density at radius 1 is 0.958 bits per heavy atom. The maximum Gasteiger partial charge on any atom is 0.0991 e. The molecule has 0 N–H and O–H groups in total. The molecular weight excluding hydrogens is 389 g/mol. The molecule has 2 aromatic carbocycles. The number of hydrogen-bond acceptors (Lipinski definition) is 5. The number of nitrogens with zero attached hydrogens (tertiary/aromatic N) is 1. The van der Waals surface area contributed by atoms with Gasteiger partial charge in [-0.1, -0.05) is 43.7 Å². The summed E-state index contributed by atoms with van der Waals surface area (Å²) in [5.41, 5.74) is 1.99. The first-order valence-corrected chi connectivity index (χ1v) is 13.0. The highest BCUT2D eigenvalue weighted by Gasteiger charge is 2.01. The molecule has 1 atom stereocenters. The summed E-state index contributed by atoms with van der Waals surface area (Å²) >= 11 is 13.9. The number of aryl methyl sites for hydroxylation is 1. The molecule has 0 saturated heterocycles. The molecule has 0 fully saturated rings. The Morgan fingerprint density at radius 2 is 1.42 bits per heavy atom. The van der Waals surface area contributed by atoms with E-state index in [-0.39, 0.29) is 6.33 Å². The Balaban J connectivity index is 0. The van der Waals surface area contributed by atoms with Gasteiger partial charge in [0.2, 0.25) is 0 Å². The fraction of sp³-hybridized carbons (Fsp3) is 0.278. The lowest BCUT2D eigenvalue weighted by Crippen LogP contribution is -1.93. The first-order chi connectivity index (χ1) is 11.6. The van der Waals surface area contributed by atoms with Crippen LogP contribution >= 0.6 is 55.2 Å². The molecule has 2 aromatic rings. The van der Waals surface area contributed by atoms with Crippen LogP contribution in [0.5, 0.6) is 0 Å². The van der Waals surface area contributed by atoms with E-state index < -0.39 is 0 Å². The first-order valence-electron chi connectivity index (χ1n) is 7.30. The minimum Gasteiger partial charge on any atom is -0.192 e. The van der Waals surface area contributed by atoms with Crippen molar-refractivity contribution in [1.82, 2.24) is 0 Å². The summed E-state index contributed by atoms with van der Waals surface area (Å²) in [6.45, 7) is 6.10. The van der Waals surface area contributed by atoms with Crippen molar-refractivity contribution in [3.63, 3.8) is 0 Å². The predicted octanol–water partition coefficient (Wildman–Crippen LogP) is 6.64. The van der Waals surface area contributed by atoms with Gasteiger partial charge in [-0.15, -0.1) is 36.3 Å². The van der Waals surface area contributed by atoms with E-state index in [1.807, 2.05) is 31.3 Å². The van der Waals surface area contributed by atoms with E-state index in [1.54, 1.807) is 30.5 Å². The van der Waals surface area contributed by atoms with E-state index in [1.165, 1.54) is 10.9 Å². The third-order valence-electron chi connectivity index (χ3n) is 2.42. The van der Waals surface area contributed by atoms with Crippen LogP contribution in [0, 0.1) is 18.3 Å². The molecule has 132 valence electrons. The van der Waals surface area contributed by atoms with E-state index in [0.717, 1.165) is 4.90 Å². The molecule has 0 saturated carbocycles. The third-order valence-corrected chi connectivity index (χ3v) is 7.64. The molecule has 0 aliphatic carbocycles. The topological polar surface area (TPSA) is 23.8 Å². The third kappa shape index (κ3) is 12.2. The normalized spacial score (nSPS) is 9.62. The van der Waals surface area contributed by atoms with Crippen molar-refractivity contribution in [1.29, 1.82) is 5.26 Å². The van der Waals surface area contributed by atoms with E-state index in [0.29, 0.717) is 5.56 Å². The first kappa shape index (κ1) is 26.0. The van der Waals surface area contributed by atoms with Gasteiger partial charge in [-0.2, -0.15) is 17.9 Å². The van der Waals surface area contributed by atoms with Gasteiger partial charge in [0.15, 0.2) is 0 Å². The van der Waals surface area contributed by atoms with Crippen molar-refractivity contribution in [3.05, 3.63) is 59.7 Å². The molecule has 0 aliphatic rings. The van der Waals surface area contributed by atoms with Crippen LogP contribution in [-0.4, -0.2) is 12.5 Å². The Bertz CT molecular complexity index is 565. The van der Waals surface area contributed by atoms with Gasteiger partial charge in [-0.3, -0.25) is 0 Å². The van der Waals surface area contributed by atoms with E-state index in [4.69, 9.17) is 5.26 Å². The van der Waals surface area contributed by atoms with Crippen molar-refractivity contribution < 1.29 is 0 Å². The van der Waals surface area contributed by atoms with Gasteiger partial charge in [0, 0.05) is 11.2 Å². The van der Waals surface area contributed by atoms with E-state index in [2.05, 4.69) is 75.0 Å². The van der Waals surface area contributed by atoms with Gasteiger partial charge < -0.3 is 0 Å². The van der Waals surface area contributed by atoms with Crippen LogP contribution in [0.25, 0.3) is 0 Å². The highest BCUT2D eigenvalue weighted by Crippen LogP contribution is 2.50. The Kier molecular flexibility index (Phi) is 19.0. The SMILES string of the molecule is CC.CS.CSP(S)c1ccc(C)cc1.N#Cc1ccc(S)cc1. The highest BCUT2D eigenvalue weighted by atomic mass is 33.1. The fourth-order valence-electron chi connectivity index (χ4n) is 1.31. The molecule has 6 heteroatoms. The van der Waals surface area contributed by atoms with Gasteiger partial charge in [-0.05, 0) is 49.0 Å². The van der Waals surface area contributed by atoms with Crippen molar-refractivity contribution in [2.24, 2.45) is 0 Å². The molecule has 0 radical (unpaired) electrons. The van der Waals surface area contributed by atoms with Crippen molar-refractivity contribution in [2.75, 3.05) is 12.5 Å². The number of hydrogen-bond donors (Lipinski definition) is 3. The standard InChI is InChI=1S/C8H11PS2.C7H5NS.C2H6.CH4S/c1-7-3-5-8(6-4-7)9(10)11-2;8-5-6-1-3-7(9)4-2-6;2*1-2/h3-6,10H,1-2H3;1-4,9H;1-2H3;2H,1H3. The monoisotopic (exact) mass is 415 g/mol. The quantitative estimate of drug-likeness (QED) is 0.378. The molecule has 0 heterocycles. The largest absolute Gasteiger partial charge is 0.192 e. The smallest absolute Gasteiger partial charge is 0.0991 e. The predicted molar refractivity (Wildman–Crippen MR) is 125 cm³/mol. The molecule has 2 rings (SSSR count). The van der Waals surface area contributed by atoms with Gasteiger partial charge in [-0.25, -0.2) is 0 Å². The zero-order valence-electron chi connectivity index (χ0n) is 14.8. The zero-order chi connectivity index (χ0) is 19.0. The summed E-state index contributed by atoms with van der Waals surface area (Å²) in [7, 11) is 0. The molecule has 0 bridgehead atoms. The summed E-state index contributed by atoms with van der Waals surface area (Å²) in [6.07, 6.45) is 3.52. The Labute approximate surface area is 169 Å². The van der Waals surface area contributed by atoms with Gasteiger partial charge >= 0.3 is 0 Å². The Hall–Kier alpha value is -0.240. The number of rotatable bonds is 2. The molecule has 0 aromatic heterocycles. The van der Waals surface area contributed by atoms with Crippen LogP contribution in [0.1, 0.15) is 25.0 Å². The minimum absolute atomic E-state index is 0.275. The molecular formula is C18H26NPS4. The fourth-order valence-corrected chi connectivity index (χ4v) is 3.48. The summed E-state index contributed by atoms with van der Waals surface area (Å²) in [5.74, 6) is 0. The average Bonchev–Trinajstić information content (AvgIpc) is 2.66. The van der Waals surface area contributed by atoms with Gasteiger partial charge in [0.05, 0.1) is 11.6 Å². The second-order valence-corrected chi connectivity index (χ2v) is 10.1. The van der Waals surface area contributed by atoms with Crippen LogP contribution in [0.3, 0.4) is 0 Å². The average molecular weight is 416 g/mol. The van der Waals surface area contributed by atoms with Gasteiger partial charge in [0.1, 0.15) is 0 Å². The van der Waals surface area contributed by atoms with Crippen LogP contribution in [0.2, 0.25) is 0 Å². The minimum atomic E-state index is -0.275. The lowest BCUT2D eigenvalue weighted by atomic mass is 10.2. The molecule has 0 amide bonds. The van der Waals surface area contributed by atoms with Crippen molar-refractivity contribution in [2.45, 2.75) is 25.7 Å². The van der Waals surface area contributed by atoms with E-state index >= 15 is 0 Å². The summed E-state index contributed by atoms with van der Waals surface area (Å²) < 4.78 is 0. The lowest BCUT2D eigenvalue weighted by molar-refractivity contribution is 1.42. The summed E-state index contributed by atoms with van der Waals surface area (Å²) in [4.78, 5) is 0.883. The molecule has 1 unspecified atom stereocenters. The Morgan fingerprint density at radius 3 is 1.79 bits per heavy atom. The van der Waals surface area contributed by atoms with Crippen molar-refractivity contribution in [3.8, 4) is 6.07 Å². The lowest BCUT2D eigenvalue weighted by Gasteiger charge is -2.06. The second kappa shape index (κ2) is 17.6. The highest BCUT2D eigenvalue weighted by molar-refractivity contribution is 8.85. The molecule has 0 spiro atoms. The summed E-state index contributed by atoms with van der Waals surface area (Å²) in [5, 5.41) is 9.70. The van der Waals surface area contributed by atoms with Crippen LogP contribution in [-0.2, 0) is 0 Å². The molecule has 24 heavy (non-hydrogen) atoms. The van der Waals surface area contributed by atoms with Crippen molar-refractivity contribution >= 4 is 60.5 Å². The zero-order valence-corrected chi connectivity index (χ0v) is 19.2. The van der Waals surface area contributed by atoms with Gasteiger partial charge in [0.25, 0.3) is 0 Å². The number of thiol groups is 3. The summed E-state index contributed by atoms with van der Waals surface area (Å²) in [6, 6.07) is 17.7. The molecule has 1 nitrogen and oxygen atoms in total. The maximum absolute atomic E-state index is 8.35.